The highest BCUT2D eigenvalue weighted by Gasteiger charge is 2.21. The van der Waals surface area contributed by atoms with Crippen molar-refractivity contribution in [2.24, 2.45) is 11.8 Å². The summed E-state index contributed by atoms with van der Waals surface area (Å²) in [5.74, 6) is -0.226. The van der Waals surface area contributed by atoms with Crippen LogP contribution in [0, 0.1) is 11.8 Å². The number of carbonyl (C=O) groups is 3. The first-order chi connectivity index (χ1) is 13.8. The second-order valence-electron chi connectivity index (χ2n) is 8.25. The van der Waals surface area contributed by atoms with Crippen LogP contribution in [0.25, 0.3) is 0 Å². The lowest BCUT2D eigenvalue weighted by atomic mass is 9.92. The molecule has 3 amide bonds. The molecule has 1 aromatic rings. The minimum Gasteiger partial charge on any atom is -0.348 e. The third-order valence-corrected chi connectivity index (χ3v) is 4.98. The van der Waals surface area contributed by atoms with Gasteiger partial charge in [0.25, 0.3) is 5.91 Å². The molecule has 2 atom stereocenters. The quantitative estimate of drug-likeness (QED) is 0.533. The van der Waals surface area contributed by atoms with E-state index in [1.165, 1.54) is 29.7 Å². The summed E-state index contributed by atoms with van der Waals surface area (Å²) in [5, 5.41) is 5.16. The molecule has 2 unspecified atom stereocenters. The minimum atomic E-state index is -0.752. The molecule has 8 heteroatoms. The summed E-state index contributed by atoms with van der Waals surface area (Å²) >= 11 is 0. The van der Waals surface area contributed by atoms with E-state index in [9.17, 15) is 14.4 Å². The van der Waals surface area contributed by atoms with E-state index in [2.05, 4.69) is 34.4 Å². The van der Waals surface area contributed by atoms with Crippen molar-refractivity contribution < 1.29 is 14.4 Å². The molecule has 8 nitrogen and oxygen atoms in total. The molecule has 2 heterocycles. The molecule has 0 aromatic carbocycles. The van der Waals surface area contributed by atoms with Gasteiger partial charge in [-0.1, -0.05) is 13.8 Å². The van der Waals surface area contributed by atoms with Crippen LogP contribution in [0.2, 0.25) is 0 Å². The van der Waals surface area contributed by atoms with Crippen LogP contribution >= 0.6 is 0 Å². The first kappa shape index (κ1) is 22.8. The molecule has 1 saturated heterocycles. The van der Waals surface area contributed by atoms with Gasteiger partial charge in [0.2, 0.25) is 0 Å². The molecule has 2 N–H and O–H groups in total. The maximum atomic E-state index is 12.1. The van der Waals surface area contributed by atoms with E-state index in [-0.39, 0.29) is 11.6 Å². The maximum Gasteiger partial charge on any atom is 0.313 e. The van der Waals surface area contributed by atoms with Crippen LogP contribution in [0.4, 0.5) is 5.69 Å². The Kier molecular flexibility index (Phi) is 8.57. The number of aromatic nitrogens is 1. The van der Waals surface area contributed by atoms with Crippen LogP contribution in [-0.4, -0.2) is 72.8 Å². The summed E-state index contributed by atoms with van der Waals surface area (Å²) in [6.45, 7) is 8.36. The van der Waals surface area contributed by atoms with Crippen LogP contribution in [0.5, 0.6) is 0 Å². The number of pyridine rings is 1. The molecule has 1 aliphatic rings. The van der Waals surface area contributed by atoms with Crippen molar-refractivity contribution in [1.82, 2.24) is 20.1 Å². The van der Waals surface area contributed by atoms with E-state index < -0.39 is 11.8 Å². The van der Waals surface area contributed by atoms with Gasteiger partial charge < -0.3 is 20.4 Å². The average Bonchev–Trinajstić information content (AvgIpc) is 2.66. The van der Waals surface area contributed by atoms with Gasteiger partial charge in [0.1, 0.15) is 5.69 Å². The number of likely N-dealkylation sites (tertiary alicyclic amines) is 1. The lowest BCUT2D eigenvalue weighted by Gasteiger charge is -2.34. The Morgan fingerprint density at radius 1 is 1.14 bits per heavy atom. The number of carbonyl (C=O) groups excluding carboxylic acids is 3. The topological polar surface area (TPSA) is 94.6 Å². The van der Waals surface area contributed by atoms with Gasteiger partial charge in [-0.2, -0.15) is 0 Å². The van der Waals surface area contributed by atoms with Gasteiger partial charge in [0, 0.05) is 45.6 Å². The Morgan fingerprint density at radius 2 is 1.83 bits per heavy atom. The summed E-state index contributed by atoms with van der Waals surface area (Å²) in [7, 11) is 3.24. The fourth-order valence-electron chi connectivity index (χ4n) is 3.76. The van der Waals surface area contributed by atoms with Gasteiger partial charge in [-0.3, -0.25) is 19.4 Å². The third-order valence-electron chi connectivity index (χ3n) is 4.98. The highest BCUT2D eigenvalue weighted by Crippen LogP contribution is 2.20. The normalized spacial score (nSPS) is 19.4. The first-order valence-corrected chi connectivity index (χ1v) is 10.3. The number of nitrogens with zero attached hydrogens (tertiary/aromatic N) is 3. The van der Waals surface area contributed by atoms with Gasteiger partial charge in [-0.15, -0.1) is 0 Å². The van der Waals surface area contributed by atoms with Crippen LogP contribution < -0.4 is 10.6 Å². The van der Waals surface area contributed by atoms with Crippen molar-refractivity contribution in [3.05, 3.63) is 24.0 Å². The Bertz CT molecular complexity index is 712. The smallest absolute Gasteiger partial charge is 0.313 e. The predicted octanol–water partition coefficient (Wildman–Crippen LogP) is 1.60. The molecule has 0 aliphatic carbocycles. The number of rotatable bonds is 7. The molecular weight excluding hydrogens is 370 g/mol. The van der Waals surface area contributed by atoms with Crippen molar-refractivity contribution in [1.29, 1.82) is 0 Å². The molecule has 0 radical (unpaired) electrons. The molecule has 1 aliphatic heterocycles. The molecule has 0 spiro atoms. The number of anilines is 1. The van der Waals surface area contributed by atoms with E-state index in [1.807, 2.05) is 0 Å². The van der Waals surface area contributed by atoms with Crippen molar-refractivity contribution >= 4 is 23.4 Å². The van der Waals surface area contributed by atoms with Crippen molar-refractivity contribution in [2.75, 3.05) is 45.6 Å². The SMILES string of the molecule is CC1CC(C)CN(CCCCNC(=O)C(=O)Nc2ccnc(C(=O)N(C)C)c2)C1. The Balaban J connectivity index is 1.69. The van der Waals surface area contributed by atoms with Crippen LogP contribution in [0.1, 0.15) is 43.6 Å². The third kappa shape index (κ3) is 7.45. The summed E-state index contributed by atoms with van der Waals surface area (Å²) in [5.41, 5.74) is 0.563. The number of unbranched alkanes of at least 4 members (excludes halogenated alkanes) is 1. The number of hydrogen-bond donors (Lipinski definition) is 2. The monoisotopic (exact) mass is 403 g/mol. The van der Waals surface area contributed by atoms with Crippen molar-refractivity contribution in [2.45, 2.75) is 33.1 Å². The number of piperidine rings is 1. The van der Waals surface area contributed by atoms with Gasteiger partial charge >= 0.3 is 11.8 Å². The zero-order chi connectivity index (χ0) is 21.4. The van der Waals surface area contributed by atoms with Gasteiger partial charge in [-0.25, -0.2) is 0 Å². The molecule has 29 heavy (non-hydrogen) atoms. The number of nitrogens with one attached hydrogen (secondary N) is 2. The highest BCUT2D eigenvalue weighted by molar-refractivity contribution is 6.39. The molecule has 1 fully saturated rings. The van der Waals surface area contributed by atoms with E-state index in [1.54, 1.807) is 14.1 Å². The van der Waals surface area contributed by atoms with Gasteiger partial charge in [0.05, 0.1) is 0 Å². The van der Waals surface area contributed by atoms with Crippen molar-refractivity contribution in [3.8, 4) is 0 Å². The predicted molar refractivity (Wildman–Crippen MR) is 113 cm³/mol. The molecule has 0 bridgehead atoms. The second kappa shape index (κ2) is 10.9. The second-order valence-corrected chi connectivity index (χ2v) is 8.25. The maximum absolute atomic E-state index is 12.1. The zero-order valence-electron chi connectivity index (χ0n) is 17.9. The fraction of sp³-hybridized carbons (Fsp3) is 0.619. The van der Waals surface area contributed by atoms with E-state index in [0.717, 1.165) is 44.3 Å². The minimum absolute atomic E-state index is 0.203. The summed E-state index contributed by atoms with van der Waals surface area (Å²) in [6, 6.07) is 2.99. The molecule has 160 valence electrons. The Hall–Kier alpha value is -2.48. The molecule has 1 aromatic heterocycles. The lowest BCUT2D eigenvalue weighted by Crippen LogP contribution is -2.39. The van der Waals surface area contributed by atoms with Crippen molar-refractivity contribution in [3.63, 3.8) is 0 Å². The van der Waals surface area contributed by atoms with Crippen LogP contribution in [-0.2, 0) is 9.59 Å². The summed E-state index contributed by atoms with van der Waals surface area (Å²) in [4.78, 5) is 43.9. The van der Waals surface area contributed by atoms with Gasteiger partial charge in [-0.05, 0) is 49.8 Å². The molecular formula is C21H33N5O3. The summed E-state index contributed by atoms with van der Waals surface area (Å²) in [6.07, 6.45) is 4.53. The standard InChI is InChI=1S/C21H33N5O3/c1-15-11-16(2)14-26(13-15)10-6-5-8-23-19(27)20(28)24-17-7-9-22-18(12-17)21(29)25(3)4/h7,9,12,15-16H,5-6,8,10-11,13-14H2,1-4H3,(H,23,27)(H,22,24,28). The van der Waals surface area contributed by atoms with E-state index >= 15 is 0 Å². The van der Waals surface area contributed by atoms with E-state index in [0.29, 0.717) is 12.2 Å². The number of amides is 3. The van der Waals surface area contributed by atoms with Gasteiger partial charge in [0.15, 0.2) is 0 Å². The molecule has 0 saturated carbocycles. The zero-order valence-corrected chi connectivity index (χ0v) is 17.9. The summed E-state index contributed by atoms with van der Waals surface area (Å²) < 4.78 is 0. The first-order valence-electron chi connectivity index (χ1n) is 10.3. The van der Waals surface area contributed by atoms with Crippen LogP contribution in [0.3, 0.4) is 0 Å². The fourth-order valence-corrected chi connectivity index (χ4v) is 3.76. The Labute approximate surface area is 173 Å². The Morgan fingerprint density at radius 3 is 2.48 bits per heavy atom. The van der Waals surface area contributed by atoms with Crippen LogP contribution in [0.15, 0.2) is 18.3 Å². The average molecular weight is 404 g/mol. The lowest BCUT2D eigenvalue weighted by molar-refractivity contribution is -0.136. The number of hydrogen-bond acceptors (Lipinski definition) is 5. The largest absolute Gasteiger partial charge is 0.348 e. The van der Waals surface area contributed by atoms with E-state index in [4.69, 9.17) is 0 Å². The molecule has 2 rings (SSSR count). The highest BCUT2D eigenvalue weighted by atomic mass is 16.2.